The molecule has 0 bridgehead atoms. The van der Waals surface area contributed by atoms with Crippen molar-refractivity contribution >= 4 is 0 Å². The van der Waals surface area contributed by atoms with Gasteiger partial charge in [-0.2, -0.15) is 0 Å². The molecule has 5 aliphatic rings. The van der Waals surface area contributed by atoms with Gasteiger partial charge in [-0.15, -0.1) is 0 Å². The molecule has 0 aromatic rings. The van der Waals surface area contributed by atoms with Crippen LogP contribution in [0.2, 0.25) is 0 Å². The Bertz CT molecular complexity index is 811. The van der Waals surface area contributed by atoms with Crippen molar-refractivity contribution in [2.45, 2.75) is 149 Å². The summed E-state index contributed by atoms with van der Waals surface area (Å²) in [6, 6.07) is 0. The van der Waals surface area contributed by atoms with Gasteiger partial charge in [0.15, 0.2) is 6.29 Å². The molecule has 0 aromatic heterocycles. The van der Waals surface area contributed by atoms with E-state index in [-0.39, 0.29) is 12.2 Å². The molecule has 4 aliphatic carbocycles. The minimum atomic E-state index is -0.817. The Hall–Kier alpha value is -0.420. The van der Waals surface area contributed by atoms with Crippen molar-refractivity contribution in [3.63, 3.8) is 0 Å². The van der Waals surface area contributed by atoms with Crippen molar-refractivity contribution in [1.29, 1.82) is 0 Å². The van der Waals surface area contributed by atoms with E-state index in [2.05, 4.69) is 40.7 Å². The number of fused-ring (bicyclic) bond motifs is 5. The van der Waals surface area contributed by atoms with E-state index in [0.29, 0.717) is 17.3 Å². The first-order valence-corrected chi connectivity index (χ1v) is 15.9. The molecule has 1 saturated heterocycles. The highest BCUT2D eigenvalue weighted by molar-refractivity contribution is 5.25. The zero-order valence-electron chi connectivity index (χ0n) is 24.6. The van der Waals surface area contributed by atoms with Gasteiger partial charge in [0.2, 0.25) is 0 Å². The summed E-state index contributed by atoms with van der Waals surface area (Å²) in [5.74, 6) is 5.20. The number of rotatable bonds is 7. The van der Waals surface area contributed by atoms with E-state index in [1.807, 2.05) is 6.92 Å². The normalized spacial score (nSPS) is 48.7. The number of ether oxygens (including phenoxy) is 2. The average molecular weight is 517 g/mol. The minimum Gasteiger partial charge on any atom is -0.390 e. The van der Waals surface area contributed by atoms with Crippen LogP contribution in [-0.4, -0.2) is 40.9 Å². The molecule has 0 unspecified atom stereocenters. The Balaban J connectivity index is 1.23. The smallest absolute Gasteiger partial charge is 0.161 e. The molecule has 212 valence electrons. The third-order valence-corrected chi connectivity index (χ3v) is 12.3. The van der Waals surface area contributed by atoms with Gasteiger partial charge < -0.3 is 19.7 Å². The second kappa shape index (κ2) is 10.9. The molecular formula is C33H56O4. The van der Waals surface area contributed by atoms with E-state index in [0.717, 1.165) is 48.3 Å². The fourth-order valence-electron chi connectivity index (χ4n) is 10.1. The maximum atomic E-state index is 10.2. The zero-order chi connectivity index (χ0) is 26.5. The van der Waals surface area contributed by atoms with Crippen LogP contribution in [0.25, 0.3) is 0 Å². The molecule has 3 saturated carbocycles. The van der Waals surface area contributed by atoms with Gasteiger partial charge in [-0.25, -0.2) is 0 Å². The van der Waals surface area contributed by atoms with Crippen molar-refractivity contribution in [3.8, 4) is 0 Å². The van der Waals surface area contributed by atoms with Crippen molar-refractivity contribution in [3.05, 3.63) is 11.6 Å². The van der Waals surface area contributed by atoms with Crippen LogP contribution in [0, 0.1) is 46.3 Å². The van der Waals surface area contributed by atoms with Gasteiger partial charge in [0.05, 0.1) is 18.3 Å². The van der Waals surface area contributed by atoms with Crippen LogP contribution in [0.15, 0.2) is 11.6 Å². The first kappa shape index (κ1) is 28.1. The highest BCUT2D eigenvalue weighted by Crippen LogP contribution is 2.67. The molecule has 0 amide bonds. The lowest BCUT2D eigenvalue weighted by Crippen LogP contribution is -2.52. The predicted molar refractivity (Wildman–Crippen MR) is 149 cm³/mol. The Morgan fingerprint density at radius 2 is 1.81 bits per heavy atom. The Labute approximate surface area is 227 Å². The Morgan fingerprint density at radius 1 is 1.03 bits per heavy atom. The van der Waals surface area contributed by atoms with E-state index in [4.69, 9.17) is 9.47 Å². The lowest BCUT2D eigenvalue weighted by Gasteiger charge is -2.58. The molecule has 5 rings (SSSR count). The summed E-state index contributed by atoms with van der Waals surface area (Å²) in [7, 11) is 0. The molecule has 4 heteroatoms. The lowest BCUT2D eigenvalue weighted by molar-refractivity contribution is -0.262. The molecule has 1 heterocycles. The molecule has 0 aromatic carbocycles. The molecular weight excluding hydrogens is 460 g/mol. The monoisotopic (exact) mass is 516 g/mol. The highest BCUT2D eigenvalue weighted by Gasteiger charge is 2.59. The van der Waals surface area contributed by atoms with E-state index in [9.17, 15) is 10.2 Å². The van der Waals surface area contributed by atoms with Crippen LogP contribution in [0.4, 0.5) is 0 Å². The predicted octanol–water partition coefficient (Wildman–Crippen LogP) is 7.27. The molecule has 0 radical (unpaired) electrons. The van der Waals surface area contributed by atoms with Crippen LogP contribution >= 0.6 is 0 Å². The summed E-state index contributed by atoms with van der Waals surface area (Å²) >= 11 is 0. The maximum absolute atomic E-state index is 10.2. The molecule has 12 atom stereocenters. The Morgan fingerprint density at radius 3 is 2.54 bits per heavy atom. The van der Waals surface area contributed by atoms with Gasteiger partial charge >= 0.3 is 0 Å². The number of hydrogen-bond donors (Lipinski definition) is 2. The fourth-order valence-corrected chi connectivity index (χ4v) is 10.1. The van der Waals surface area contributed by atoms with Gasteiger partial charge in [-0.1, -0.05) is 65.5 Å². The van der Waals surface area contributed by atoms with Crippen LogP contribution in [0.3, 0.4) is 0 Å². The second-order valence-electron chi connectivity index (χ2n) is 14.9. The number of aliphatic hydroxyl groups excluding tert-OH is 2. The topological polar surface area (TPSA) is 58.9 Å². The van der Waals surface area contributed by atoms with Crippen LogP contribution < -0.4 is 0 Å². The highest BCUT2D eigenvalue weighted by atomic mass is 16.7. The summed E-state index contributed by atoms with van der Waals surface area (Å²) in [5, 5.41) is 20.2. The lowest BCUT2D eigenvalue weighted by atomic mass is 9.47. The number of allylic oxidation sites excluding steroid dienone is 1. The molecule has 37 heavy (non-hydrogen) atoms. The van der Waals surface area contributed by atoms with Gasteiger partial charge in [-0.3, -0.25) is 0 Å². The van der Waals surface area contributed by atoms with Crippen molar-refractivity contribution in [1.82, 2.24) is 0 Å². The second-order valence-corrected chi connectivity index (χ2v) is 14.9. The SMILES string of the molecule is CC(C)CCC[C@H](C)[C@@H]1CC[C@@H]2[C@@H]3CC=C4C[C@H](O[C@@H]5C[C@H](O)[C@H](O)[C@H](C)O5)CC[C@]4(C)[C@H]3CC[C@@]21C. The van der Waals surface area contributed by atoms with Gasteiger partial charge in [0.1, 0.15) is 6.10 Å². The average Bonchev–Trinajstić information content (AvgIpc) is 3.20. The van der Waals surface area contributed by atoms with Crippen molar-refractivity contribution in [2.75, 3.05) is 0 Å². The van der Waals surface area contributed by atoms with Crippen molar-refractivity contribution < 1.29 is 19.7 Å². The van der Waals surface area contributed by atoms with Crippen molar-refractivity contribution in [2.24, 2.45) is 46.3 Å². The number of hydrogen-bond acceptors (Lipinski definition) is 4. The summed E-state index contributed by atoms with van der Waals surface area (Å²) in [6.45, 7) is 14.4. The molecule has 1 aliphatic heterocycles. The minimum absolute atomic E-state index is 0.159. The van der Waals surface area contributed by atoms with E-state index in [1.165, 1.54) is 57.8 Å². The largest absolute Gasteiger partial charge is 0.390 e. The molecule has 2 N–H and O–H groups in total. The third-order valence-electron chi connectivity index (χ3n) is 12.3. The zero-order valence-corrected chi connectivity index (χ0v) is 24.6. The summed E-state index contributed by atoms with van der Waals surface area (Å²) in [5.41, 5.74) is 2.50. The number of aliphatic hydroxyl groups is 2. The Kier molecular flexibility index (Phi) is 8.26. The first-order valence-electron chi connectivity index (χ1n) is 15.9. The molecule has 4 nitrogen and oxygen atoms in total. The molecule has 0 spiro atoms. The van der Waals surface area contributed by atoms with Crippen LogP contribution in [-0.2, 0) is 9.47 Å². The van der Waals surface area contributed by atoms with Crippen LogP contribution in [0.5, 0.6) is 0 Å². The summed E-state index contributed by atoms with van der Waals surface area (Å²) in [4.78, 5) is 0. The van der Waals surface area contributed by atoms with E-state index < -0.39 is 18.5 Å². The van der Waals surface area contributed by atoms with Gasteiger partial charge in [0.25, 0.3) is 0 Å². The van der Waals surface area contributed by atoms with Crippen LogP contribution in [0.1, 0.15) is 119 Å². The standard InChI is InChI=1S/C33H56O4/c1-20(2)8-7-9-21(3)26-12-13-27-25-11-10-23-18-24(37-30-19-29(34)31(35)22(4)36-30)14-16-32(23,5)28(25)15-17-33(26,27)6/h10,20-22,24-31,34-35H,7-9,11-19H2,1-6H3/t21-,22-,24+,25-,26-,27+,28-,29-,30+,31+,32-,33+/m0/s1. The van der Waals surface area contributed by atoms with Gasteiger partial charge in [0, 0.05) is 6.42 Å². The third kappa shape index (κ3) is 5.23. The van der Waals surface area contributed by atoms with Gasteiger partial charge in [-0.05, 0) is 105 Å². The molecule has 4 fully saturated rings. The summed E-state index contributed by atoms with van der Waals surface area (Å²) in [6.07, 6.45) is 15.3. The fraction of sp³-hybridized carbons (Fsp3) is 0.939. The van der Waals surface area contributed by atoms with E-state index >= 15 is 0 Å². The quantitative estimate of drug-likeness (QED) is 0.349. The van der Waals surface area contributed by atoms with E-state index in [1.54, 1.807) is 5.57 Å². The first-order chi connectivity index (χ1) is 17.5. The summed E-state index contributed by atoms with van der Waals surface area (Å²) < 4.78 is 12.3. The maximum Gasteiger partial charge on any atom is 0.161 e.